The van der Waals surface area contributed by atoms with Crippen LogP contribution in [0.4, 0.5) is 5.69 Å². The number of hydrazone groups is 1. The van der Waals surface area contributed by atoms with Gasteiger partial charge in [0.1, 0.15) is 12.4 Å². The van der Waals surface area contributed by atoms with Gasteiger partial charge in [-0.15, -0.1) is 0 Å². The smallest absolute Gasteiger partial charge is 0.240 e. The van der Waals surface area contributed by atoms with Crippen LogP contribution in [0.25, 0.3) is 10.8 Å². The van der Waals surface area contributed by atoms with Crippen molar-refractivity contribution in [1.29, 1.82) is 0 Å². The highest BCUT2D eigenvalue weighted by atomic mass is 16.5. The number of carbonyl (C=O) groups excluding carboxylic acids is 2. The predicted molar refractivity (Wildman–Crippen MR) is 135 cm³/mol. The van der Waals surface area contributed by atoms with Crippen LogP contribution in [-0.4, -0.2) is 18.0 Å². The summed E-state index contributed by atoms with van der Waals surface area (Å²) < 4.78 is 5.89. The van der Waals surface area contributed by atoms with E-state index in [1.54, 1.807) is 0 Å². The largest absolute Gasteiger partial charge is 0.488 e. The van der Waals surface area contributed by atoms with Crippen molar-refractivity contribution >= 4 is 34.5 Å². The number of nitrogens with one attached hydrogen (secondary N) is 2. The summed E-state index contributed by atoms with van der Waals surface area (Å²) in [7, 11) is 0. The summed E-state index contributed by atoms with van der Waals surface area (Å²) in [4.78, 5) is 24.5. The van der Waals surface area contributed by atoms with Crippen molar-refractivity contribution in [3.63, 3.8) is 0 Å². The number of amides is 2. The summed E-state index contributed by atoms with van der Waals surface area (Å²) in [6, 6.07) is 30.9. The van der Waals surface area contributed by atoms with E-state index in [9.17, 15) is 9.59 Å². The zero-order valence-electron chi connectivity index (χ0n) is 18.6. The predicted octanol–water partition coefficient (Wildman–Crippen LogP) is 5.29. The van der Waals surface area contributed by atoms with Crippen LogP contribution in [0.2, 0.25) is 0 Å². The minimum atomic E-state index is -0.341. The highest BCUT2D eigenvalue weighted by Crippen LogP contribution is 2.23. The van der Waals surface area contributed by atoms with E-state index in [1.165, 1.54) is 6.21 Å². The molecule has 6 nitrogen and oxygen atoms in total. The summed E-state index contributed by atoms with van der Waals surface area (Å²) in [6.07, 6.45) is 1.62. The normalized spacial score (nSPS) is 10.8. The van der Waals surface area contributed by atoms with Crippen molar-refractivity contribution in [3.05, 3.63) is 108 Å². The monoisotopic (exact) mass is 451 g/mol. The van der Waals surface area contributed by atoms with E-state index in [-0.39, 0.29) is 24.7 Å². The topological polar surface area (TPSA) is 79.8 Å². The van der Waals surface area contributed by atoms with Gasteiger partial charge in [0.15, 0.2) is 0 Å². The molecule has 0 radical (unpaired) electrons. The molecule has 0 aliphatic carbocycles. The molecule has 0 aliphatic rings. The Morgan fingerprint density at radius 3 is 2.35 bits per heavy atom. The van der Waals surface area contributed by atoms with Gasteiger partial charge in [-0.05, 0) is 29.1 Å². The van der Waals surface area contributed by atoms with Crippen molar-refractivity contribution in [2.45, 2.75) is 19.4 Å². The van der Waals surface area contributed by atoms with Crippen molar-refractivity contribution < 1.29 is 14.3 Å². The summed E-state index contributed by atoms with van der Waals surface area (Å²) >= 11 is 0. The first-order valence-corrected chi connectivity index (χ1v) is 11.0. The lowest BCUT2D eigenvalue weighted by Crippen LogP contribution is -2.20. The Morgan fingerprint density at radius 2 is 1.47 bits per heavy atom. The number of nitrogens with zero attached hydrogens (tertiary/aromatic N) is 1. The average molecular weight is 452 g/mol. The number of para-hydroxylation sites is 1. The summed E-state index contributed by atoms with van der Waals surface area (Å²) in [5.74, 6) is 0.0981. The number of hydrogen-bond donors (Lipinski definition) is 2. The Kier molecular flexibility index (Phi) is 7.64. The van der Waals surface area contributed by atoms with Gasteiger partial charge < -0.3 is 10.1 Å². The number of ether oxygens (including phenoxy) is 1. The molecule has 4 aromatic rings. The Labute approximate surface area is 198 Å². The van der Waals surface area contributed by atoms with Crippen molar-refractivity contribution in [3.8, 4) is 5.75 Å². The molecule has 0 fully saturated rings. The van der Waals surface area contributed by atoms with Gasteiger partial charge in [0, 0.05) is 29.5 Å². The molecule has 0 saturated carbocycles. The third-order valence-corrected chi connectivity index (χ3v) is 5.19. The fourth-order valence-corrected chi connectivity index (χ4v) is 3.46. The van der Waals surface area contributed by atoms with E-state index in [4.69, 9.17) is 4.74 Å². The van der Waals surface area contributed by atoms with E-state index in [2.05, 4.69) is 15.8 Å². The molecule has 0 bridgehead atoms. The molecule has 0 aromatic heterocycles. The van der Waals surface area contributed by atoms with Crippen molar-refractivity contribution in [2.24, 2.45) is 5.10 Å². The van der Waals surface area contributed by atoms with Crippen LogP contribution in [-0.2, 0) is 16.2 Å². The molecule has 6 heteroatoms. The maximum Gasteiger partial charge on any atom is 0.240 e. The van der Waals surface area contributed by atoms with Crippen LogP contribution in [0.1, 0.15) is 24.0 Å². The van der Waals surface area contributed by atoms with Crippen LogP contribution in [0.5, 0.6) is 5.75 Å². The first-order valence-electron chi connectivity index (χ1n) is 11.0. The van der Waals surface area contributed by atoms with Gasteiger partial charge in [0.05, 0.1) is 6.21 Å². The summed E-state index contributed by atoms with van der Waals surface area (Å²) in [5.41, 5.74) is 5.01. The molecule has 2 amide bonds. The highest BCUT2D eigenvalue weighted by molar-refractivity contribution is 6.02. The van der Waals surface area contributed by atoms with E-state index in [0.29, 0.717) is 12.4 Å². The second kappa shape index (κ2) is 11.4. The second-order valence-electron chi connectivity index (χ2n) is 7.68. The molecule has 0 saturated heterocycles. The molecule has 0 heterocycles. The maximum atomic E-state index is 12.3. The van der Waals surface area contributed by atoms with Gasteiger partial charge >= 0.3 is 0 Å². The highest BCUT2D eigenvalue weighted by Gasteiger charge is 2.09. The standard InChI is InChI=1S/C28H25N3O3/c32-27(30-25-15-8-13-22-11-4-6-14-24(22)25)17-18-28(33)31-29-19-23-12-5-7-16-26(23)34-20-21-9-2-1-3-10-21/h1-16,19H,17-18,20H2,(H,30,32)(H,31,33). The molecule has 4 rings (SSSR count). The maximum absolute atomic E-state index is 12.3. The van der Waals surface area contributed by atoms with Gasteiger partial charge in [-0.25, -0.2) is 5.43 Å². The molecular weight excluding hydrogens is 426 g/mol. The number of benzene rings is 4. The number of carbonyl (C=O) groups is 2. The molecule has 4 aromatic carbocycles. The third-order valence-electron chi connectivity index (χ3n) is 5.19. The van der Waals surface area contributed by atoms with Gasteiger partial charge in [-0.1, -0.05) is 78.9 Å². The molecule has 0 spiro atoms. The van der Waals surface area contributed by atoms with Gasteiger partial charge in [0.25, 0.3) is 0 Å². The Balaban J connectivity index is 1.26. The lowest BCUT2D eigenvalue weighted by Gasteiger charge is -2.09. The lowest BCUT2D eigenvalue weighted by atomic mass is 10.1. The van der Waals surface area contributed by atoms with Crippen LogP contribution in [0, 0.1) is 0 Å². The molecule has 34 heavy (non-hydrogen) atoms. The first kappa shape index (κ1) is 22.7. The number of hydrogen-bond acceptors (Lipinski definition) is 4. The van der Waals surface area contributed by atoms with Gasteiger partial charge in [-0.3, -0.25) is 9.59 Å². The quantitative estimate of drug-likeness (QED) is 0.268. The Hall–Kier alpha value is -4.45. The van der Waals surface area contributed by atoms with Crippen LogP contribution < -0.4 is 15.5 Å². The van der Waals surface area contributed by atoms with Crippen LogP contribution in [0.3, 0.4) is 0 Å². The SMILES string of the molecule is O=C(CCC(=O)Nc1cccc2ccccc12)NN=Cc1ccccc1OCc1ccccc1. The average Bonchev–Trinajstić information content (AvgIpc) is 2.88. The number of fused-ring (bicyclic) bond motifs is 1. The Morgan fingerprint density at radius 1 is 0.765 bits per heavy atom. The summed E-state index contributed by atoms with van der Waals surface area (Å²) in [6.45, 7) is 0.434. The minimum absolute atomic E-state index is 0.0279. The minimum Gasteiger partial charge on any atom is -0.488 e. The first-order chi connectivity index (χ1) is 16.7. The second-order valence-corrected chi connectivity index (χ2v) is 7.68. The fourth-order valence-electron chi connectivity index (χ4n) is 3.46. The molecule has 0 unspecified atom stereocenters. The molecular formula is C28H25N3O3. The fraction of sp³-hybridized carbons (Fsp3) is 0.107. The molecule has 0 aliphatic heterocycles. The molecule has 170 valence electrons. The van der Waals surface area contributed by atoms with Crippen molar-refractivity contribution in [1.82, 2.24) is 5.43 Å². The van der Waals surface area contributed by atoms with Crippen LogP contribution in [0.15, 0.2) is 102 Å². The Bertz CT molecular complexity index is 1300. The van der Waals surface area contributed by atoms with E-state index >= 15 is 0 Å². The van der Waals surface area contributed by atoms with Gasteiger partial charge in [0.2, 0.25) is 11.8 Å². The third kappa shape index (κ3) is 6.29. The number of rotatable bonds is 9. The van der Waals surface area contributed by atoms with E-state index in [1.807, 2.05) is 97.1 Å². The zero-order chi connectivity index (χ0) is 23.6. The van der Waals surface area contributed by atoms with Gasteiger partial charge in [-0.2, -0.15) is 5.10 Å². The lowest BCUT2D eigenvalue weighted by molar-refractivity contribution is -0.124. The summed E-state index contributed by atoms with van der Waals surface area (Å²) in [5, 5.41) is 8.91. The zero-order valence-corrected chi connectivity index (χ0v) is 18.6. The van der Waals surface area contributed by atoms with Crippen LogP contribution >= 0.6 is 0 Å². The van der Waals surface area contributed by atoms with E-state index in [0.717, 1.165) is 27.6 Å². The molecule has 2 N–H and O–H groups in total. The molecule has 0 atom stereocenters. The number of anilines is 1. The van der Waals surface area contributed by atoms with E-state index < -0.39 is 0 Å². The van der Waals surface area contributed by atoms with Crippen molar-refractivity contribution in [2.75, 3.05) is 5.32 Å².